The maximum atomic E-state index is 11.1. The smallest absolute Gasteiger partial charge is 0.284 e. The number of hydrogen-bond acceptors (Lipinski definition) is 4. The highest BCUT2D eigenvalue weighted by atomic mass is 16.5. The molecular formula is C13H15N3O3. The molecule has 2 aromatic rings. The molecule has 0 saturated carbocycles. The van der Waals surface area contributed by atoms with E-state index in [-0.39, 0.29) is 5.82 Å². The summed E-state index contributed by atoms with van der Waals surface area (Å²) in [5.41, 5.74) is 7.35. The van der Waals surface area contributed by atoms with Crippen LogP contribution in [-0.4, -0.2) is 30.1 Å². The molecule has 1 amide bonds. The van der Waals surface area contributed by atoms with Crippen molar-refractivity contribution in [3.8, 4) is 22.8 Å². The topological polar surface area (TPSA) is 90.2 Å². The number of aromatic amines is 1. The Morgan fingerprint density at radius 2 is 2.05 bits per heavy atom. The number of ether oxygens (including phenoxy) is 2. The lowest BCUT2D eigenvalue weighted by Crippen LogP contribution is -2.12. The first-order valence-corrected chi connectivity index (χ1v) is 5.65. The highest BCUT2D eigenvalue weighted by Crippen LogP contribution is 2.33. The van der Waals surface area contributed by atoms with E-state index in [1.54, 1.807) is 26.4 Å². The summed E-state index contributed by atoms with van der Waals surface area (Å²) in [4.78, 5) is 18.2. The summed E-state index contributed by atoms with van der Waals surface area (Å²) in [7, 11) is 3.15. The number of primary amides is 1. The SMILES string of the molecule is COc1ccc(-c2nc(C(N)=O)[nH]c2C)c(OC)c1. The highest BCUT2D eigenvalue weighted by Gasteiger charge is 2.16. The molecule has 6 nitrogen and oxygen atoms in total. The average Bonchev–Trinajstić information content (AvgIpc) is 2.80. The van der Waals surface area contributed by atoms with Gasteiger partial charge in [0.1, 0.15) is 11.5 Å². The van der Waals surface area contributed by atoms with Crippen LogP contribution in [0.5, 0.6) is 11.5 Å². The Balaban J connectivity index is 2.55. The first-order chi connectivity index (χ1) is 9.06. The molecule has 2 rings (SSSR count). The lowest BCUT2D eigenvalue weighted by Gasteiger charge is -2.09. The van der Waals surface area contributed by atoms with Gasteiger partial charge in [0.25, 0.3) is 5.91 Å². The first-order valence-electron chi connectivity index (χ1n) is 5.65. The minimum absolute atomic E-state index is 0.130. The Morgan fingerprint density at radius 3 is 2.58 bits per heavy atom. The molecule has 0 spiro atoms. The van der Waals surface area contributed by atoms with Crippen molar-refractivity contribution >= 4 is 5.91 Å². The van der Waals surface area contributed by atoms with Crippen LogP contribution in [0.25, 0.3) is 11.3 Å². The van der Waals surface area contributed by atoms with Gasteiger partial charge in [-0.3, -0.25) is 4.79 Å². The number of nitrogens with two attached hydrogens (primary N) is 1. The van der Waals surface area contributed by atoms with Crippen LogP contribution in [0, 0.1) is 6.92 Å². The van der Waals surface area contributed by atoms with Crippen molar-refractivity contribution in [1.82, 2.24) is 9.97 Å². The third kappa shape index (κ3) is 2.37. The Bertz CT molecular complexity index is 620. The second-order valence-corrected chi connectivity index (χ2v) is 3.99. The second-order valence-electron chi connectivity index (χ2n) is 3.99. The molecule has 6 heteroatoms. The first kappa shape index (κ1) is 12.9. The van der Waals surface area contributed by atoms with Crippen molar-refractivity contribution in [2.45, 2.75) is 6.92 Å². The zero-order chi connectivity index (χ0) is 14.0. The Kier molecular flexibility index (Phi) is 3.41. The number of methoxy groups -OCH3 is 2. The summed E-state index contributed by atoms with van der Waals surface area (Å²) in [5, 5.41) is 0. The summed E-state index contributed by atoms with van der Waals surface area (Å²) < 4.78 is 10.5. The fourth-order valence-electron chi connectivity index (χ4n) is 1.83. The van der Waals surface area contributed by atoms with E-state index in [9.17, 15) is 4.79 Å². The number of nitrogens with one attached hydrogen (secondary N) is 1. The van der Waals surface area contributed by atoms with E-state index in [1.165, 1.54) is 0 Å². The number of benzene rings is 1. The highest BCUT2D eigenvalue weighted by molar-refractivity contribution is 5.90. The summed E-state index contributed by atoms with van der Waals surface area (Å²) in [6.07, 6.45) is 0. The van der Waals surface area contributed by atoms with Crippen LogP contribution in [0.2, 0.25) is 0 Å². The van der Waals surface area contributed by atoms with Crippen molar-refractivity contribution in [3.05, 3.63) is 29.7 Å². The average molecular weight is 261 g/mol. The molecular weight excluding hydrogens is 246 g/mol. The minimum atomic E-state index is -0.596. The molecule has 0 unspecified atom stereocenters. The van der Waals surface area contributed by atoms with Gasteiger partial charge < -0.3 is 20.2 Å². The molecule has 100 valence electrons. The maximum Gasteiger partial charge on any atom is 0.284 e. The van der Waals surface area contributed by atoms with Gasteiger partial charge in [-0.05, 0) is 19.1 Å². The number of aromatic nitrogens is 2. The number of amides is 1. The third-order valence-electron chi connectivity index (χ3n) is 2.78. The number of carbonyl (C=O) groups is 1. The Morgan fingerprint density at radius 1 is 1.32 bits per heavy atom. The van der Waals surface area contributed by atoms with E-state index in [0.29, 0.717) is 17.2 Å². The third-order valence-corrected chi connectivity index (χ3v) is 2.78. The lowest BCUT2D eigenvalue weighted by molar-refractivity contribution is 0.0991. The number of aryl methyl sites for hydroxylation is 1. The van der Waals surface area contributed by atoms with Gasteiger partial charge in [-0.25, -0.2) is 4.98 Å². The zero-order valence-electron chi connectivity index (χ0n) is 11.0. The summed E-state index contributed by atoms with van der Waals surface area (Å²) in [5.74, 6) is 0.834. The van der Waals surface area contributed by atoms with Crippen LogP contribution in [-0.2, 0) is 0 Å². The molecule has 1 heterocycles. The Labute approximate surface area is 110 Å². The van der Waals surface area contributed by atoms with Crippen molar-refractivity contribution in [3.63, 3.8) is 0 Å². The molecule has 0 radical (unpaired) electrons. The zero-order valence-corrected chi connectivity index (χ0v) is 11.0. The van der Waals surface area contributed by atoms with Gasteiger partial charge in [-0.1, -0.05) is 0 Å². The normalized spacial score (nSPS) is 10.3. The summed E-state index contributed by atoms with van der Waals surface area (Å²) >= 11 is 0. The van der Waals surface area contributed by atoms with Crippen LogP contribution in [0.4, 0.5) is 0 Å². The molecule has 0 aliphatic heterocycles. The molecule has 1 aromatic carbocycles. The number of imidazole rings is 1. The minimum Gasteiger partial charge on any atom is -0.497 e. The molecule has 3 N–H and O–H groups in total. The molecule has 0 saturated heterocycles. The number of rotatable bonds is 4. The van der Waals surface area contributed by atoms with Crippen molar-refractivity contribution in [2.24, 2.45) is 5.73 Å². The van der Waals surface area contributed by atoms with E-state index < -0.39 is 5.91 Å². The monoisotopic (exact) mass is 261 g/mol. The van der Waals surface area contributed by atoms with Gasteiger partial charge in [-0.2, -0.15) is 0 Å². The second kappa shape index (κ2) is 5.01. The summed E-state index contributed by atoms with van der Waals surface area (Å²) in [6.45, 7) is 1.82. The molecule has 0 aliphatic carbocycles. The van der Waals surface area contributed by atoms with Gasteiger partial charge in [0, 0.05) is 17.3 Å². The molecule has 0 bridgehead atoms. The van der Waals surface area contributed by atoms with Gasteiger partial charge in [0.2, 0.25) is 0 Å². The van der Waals surface area contributed by atoms with Crippen LogP contribution in [0.15, 0.2) is 18.2 Å². The fourth-order valence-corrected chi connectivity index (χ4v) is 1.83. The standard InChI is InChI=1S/C13H15N3O3/c1-7-11(16-13(15-7)12(14)17)9-5-4-8(18-2)6-10(9)19-3/h4-6H,1-3H3,(H2,14,17)(H,15,16). The van der Waals surface area contributed by atoms with E-state index in [1.807, 2.05) is 13.0 Å². The number of nitrogens with zero attached hydrogens (tertiary/aromatic N) is 1. The van der Waals surface area contributed by atoms with Gasteiger partial charge in [0.15, 0.2) is 5.82 Å². The molecule has 19 heavy (non-hydrogen) atoms. The summed E-state index contributed by atoms with van der Waals surface area (Å²) in [6, 6.07) is 5.38. The van der Waals surface area contributed by atoms with E-state index >= 15 is 0 Å². The predicted octanol–water partition coefficient (Wildman–Crippen LogP) is 1.50. The van der Waals surface area contributed by atoms with E-state index in [2.05, 4.69) is 9.97 Å². The van der Waals surface area contributed by atoms with Crippen LogP contribution >= 0.6 is 0 Å². The predicted molar refractivity (Wildman–Crippen MR) is 70.4 cm³/mol. The maximum absolute atomic E-state index is 11.1. The van der Waals surface area contributed by atoms with E-state index in [4.69, 9.17) is 15.2 Å². The van der Waals surface area contributed by atoms with Crippen LogP contribution in [0.3, 0.4) is 0 Å². The lowest BCUT2D eigenvalue weighted by atomic mass is 10.1. The van der Waals surface area contributed by atoms with Gasteiger partial charge >= 0.3 is 0 Å². The van der Waals surface area contributed by atoms with E-state index in [0.717, 1.165) is 11.3 Å². The molecule has 0 fully saturated rings. The number of carbonyl (C=O) groups excluding carboxylic acids is 1. The molecule has 0 aliphatic rings. The number of H-pyrrole nitrogens is 1. The van der Waals surface area contributed by atoms with Crippen molar-refractivity contribution < 1.29 is 14.3 Å². The largest absolute Gasteiger partial charge is 0.497 e. The van der Waals surface area contributed by atoms with Gasteiger partial charge in [0.05, 0.1) is 19.9 Å². The van der Waals surface area contributed by atoms with Gasteiger partial charge in [-0.15, -0.1) is 0 Å². The fraction of sp³-hybridized carbons (Fsp3) is 0.231. The van der Waals surface area contributed by atoms with Crippen LogP contribution in [0.1, 0.15) is 16.3 Å². The molecule has 0 atom stereocenters. The van der Waals surface area contributed by atoms with Crippen molar-refractivity contribution in [2.75, 3.05) is 14.2 Å². The Hall–Kier alpha value is -2.50. The quantitative estimate of drug-likeness (QED) is 0.872. The number of hydrogen-bond donors (Lipinski definition) is 2. The van der Waals surface area contributed by atoms with Crippen LogP contribution < -0.4 is 15.2 Å². The van der Waals surface area contributed by atoms with Crippen molar-refractivity contribution in [1.29, 1.82) is 0 Å². The molecule has 1 aromatic heterocycles.